The molecule has 2 amide bonds. The second-order valence-electron chi connectivity index (χ2n) is 10.7. The number of phenols is 2. The van der Waals surface area contributed by atoms with Gasteiger partial charge in [0, 0.05) is 12.5 Å². The maximum atomic E-state index is 13.4. The molecule has 296 valence electrons. The Morgan fingerprint density at radius 3 is 1.73 bits per heavy atom. The van der Waals surface area contributed by atoms with Gasteiger partial charge in [0.05, 0.1) is 35.2 Å². The number of carbonyl (C=O) groups excluding carboxylic acids is 3. The lowest BCUT2D eigenvalue weighted by molar-refractivity contribution is -0.134. The van der Waals surface area contributed by atoms with Crippen LogP contribution in [0.3, 0.4) is 0 Å². The highest BCUT2D eigenvalue weighted by Gasteiger charge is 2.33. The summed E-state index contributed by atoms with van der Waals surface area (Å²) in [6.07, 6.45) is 2.38. The number of thiocarbonyl (C=S) groups is 2. The van der Waals surface area contributed by atoms with Gasteiger partial charge in [-0.05, 0) is 92.2 Å². The van der Waals surface area contributed by atoms with Crippen molar-refractivity contribution in [1.82, 2.24) is 6.15 Å². The van der Waals surface area contributed by atoms with Gasteiger partial charge in [-0.1, -0.05) is 66.2 Å². The molecule has 2 aliphatic heterocycles. The van der Waals surface area contributed by atoms with Crippen LogP contribution in [0.2, 0.25) is 0 Å². The van der Waals surface area contributed by atoms with Crippen molar-refractivity contribution in [1.29, 1.82) is 0 Å². The smallest absolute Gasteiger partial charge is 0.300 e. The van der Waals surface area contributed by atoms with Gasteiger partial charge in [-0.25, -0.2) is 8.78 Å². The number of phenolic OH excluding ortho intramolecular Hbond substituents is 2. The largest absolute Gasteiger partial charge is 0.504 e. The zero-order chi connectivity index (χ0) is 40.7. The molecular formula is C38H37F2N3O9S4. The molecule has 6 N–H and O–H groups in total. The SMILES string of the molecule is CC(=O)O.CCOc1cc(/C=C2\SC(=S)N(c3cccc(F)c3)C2=O)ccc1O.CCOc1cc(C=O)ccc1O.N.O=C1CSC(=S)N1c1cccc(F)c1. The van der Waals surface area contributed by atoms with Crippen molar-refractivity contribution in [2.75, 3.05) is 28.8 Å². The van der Waals surface area contributed by atoms with E-state index in [2.05, 4.69) is 0 Å². The second-order valence-corrected chi connectivity index (χ2v) is 14.0. The van der Waals surface area contributed by atoms with Crippen LogP contribution in [-0.2, 0) is 14.4 Å². The maximum absolute atomic E-state index is 13.4. The van der Waals surface area contributed by atoms with Crippen molar-refractivity contribution < 1.29 is 52.8 Å². The van der Waals surface area contributed by atoms with E-state index in [0.717, 1.165) is 18.7 Å². The number of benzene rings is 4. The molecular weight excluding hydrogens is 809 g/mol. The molecule has 0 bridgehead atoms. The van der Waals surface area contributed by atoms with Crippen LogP contribution < -0.4 is 25.4 Å². The summed E-state index contributed by atoms with van der Waals surface area (Å²) < 4.78 is 37.6. The summed E-state index contributed by atoms with van der Waals surface area (Å²) in [5.41, 5.74) is 2.09. The molecule has 0 unspecified atom stereocenters. The van der Waals surface area contributed by atoms with Gasteiger partial charge in [-0.2, -0.15) is 0 Å². The van der Waals surface area contributed by atoms with Crippen molar-refractivity contribution in [3.8, 4) is 23.0 Å². The first-order chi connectivity index (χ1) is 26.2. The number of aromatic hydroxyl groups is 2. The number of carbonyl (C=O) groups is 4. The first-order valence-electron chi connectivity index (χ1n) is 16.0. The Bertz CT molecular complexity index is 2080. The van der Waals surface area contributed by atoms with Crippen LogP contribution >= 0.6 is 48.0 Å². The summed E-state index contributed by atoms with van der Waals surface area (Å²) in [6, 6.07) is 20.9. The number of halogens is 2. The van der Waals surface area contributed by atoms with Gasteiger partial charge in [0.1, 0.15) is 22.2 Å². The third kappa shape index (κ3) is 13.7. The number of hydrogen-bond donors (Lipinski definition) is 4. The van der Waals surface area contributed by atoms with Gasteiger partial charge in [-0.3, -0.25) is 29.0 Å². The molecule has 0 atom stereocenters. The zero-order valence-corrected chi connectivity index (χ0v) is 33.4. The molecule has 2 aliphatic rings. The molecule has 18 heteroatoms. The predicted molar refractivity (Wildman–Crippen MR) is 223 cm³/mol. The van der Waals surface area contributed by atoms with Gasteiger partial charge in [0.2, 0.25) is 5.91 Å². The topological polar surface area (TPSA) is 189 Å². The lowest BCUT2D eigenvalue weighted by atomic mass is 10.2. The van der Waals surface area contributed by atoms with Crippen LogP contribution in [0.5, 0.6) is 23.0 Å². The Morgan fingerprint density at radius 1 is 0.804 bits per heavy atom. The molecule has 0 aromatic heterocycles. The number of hydrogen-bond acceptors (Lipinski definition) is 13. The van der Waals surface area contributed by atoms with Crippen LogP contribution in [0.25, 0.3) is 6.08 Å². The molecule has 4 aromatic carbocycles. The summed E-state index contributed by atoms with van der Waals surface area (Å²) in [5, 5.41) is 26.4. The van der Waals surface area contributed by atoms with Crippen LogP contribution in [0.4, 0.5) is 20.2 Å². The summed E-state index contributed by atoms with van der Waals surface area (Å²) in [6.45, 7) is 5.60. The van der Waals surface area contributed by atoms with Crippen LogP contribution in [-0.4, -0.2) is 67.0 Å². The first kappa shape index (κ1) is 46.8. The number of carboxylic acids is 1. The highest BCUT2D eigenvalue weighted by atomic mass is 32.2. The average Bonchev–Trinajstić information content (AvgIpc) is 3.62. The van der Waals surface area contributed by atoms with E-state index in [0.29, 0.717) is 72.8 Å². The minimum Gasteiger partial charge on any atom is -0.504 e. The van der Waals surface area contributed by atoms with Crippen molar-refractivity contribution in [2.45, 2.75) is 20.8 Å². The fourth-order valence-electron chi connectivity index (χ4n) is 4.44. The number of aliphatic carboxylic acids is 1. The van der Waals surface area contributed by atoms with E-state index < -0.39 is 11.8 Å². The lowest BCUT2D eigenvalue weighted by Crippen LogP contribution is -2.27. The Labute approximate surface area is 340 Å². The molecule has 6 rings (SSSR count). The van der Waals surface area contributed by atoms with Crippen molar-refractivity contribution >= 4 is 98.1 Å². The van der Waals surface area contributed by atoms with Crippen LogP contribution in [0.1, 0.15) is 36.7 Å². The number of amides is 2. The lowest BCUT2D eigenvalue weighted by Gasteiger charge is -2.14. The Kier molecular flexibility index (Phi) is 19.1. The molecule has 4 aromatic rings. The maximum Gasteiger partial charge on any atom is 0.300 e. The van der Waals surface area contributed by atoms with E-state index in [4.69, 9.17) is 43.8 Å². The molecule has 56 heavy (non-hydrogen) atoms. The van der Waals surface area contributed by atoms with Gasteiger partial charge in [-0.15, -0.1) is 0 Å². The predicted octanol–water partition coefficient (Wildman–Crippen LogP) is 8.38. The second kappa shape index (κ2) is 22.9. The van der Waals surface area contributed by atoms with Crippen molar-refractivity contribution in [3.05, 3.63) is 113 Å². The van der Waals surface area contributed by atoms with Crippen LogP contribution in [0.15, 0.2) is 89.8 Å². The minimum atomic E-state index is -0.833. The van der Waals surface area contributed by atoms with Gasteiger partial charge < -0.3 is 30.9 Å². The fraction of sp³-hybridized carbons (Fsp3) is 0.158. The summed E-state index contributed by atoms with van der Waals surface area (Å²) in [7, 11) is 0. The number of rotatable bonds is 8. The van der Waals surface area contributed by atoms with Gasteiger partial charge >= 0.3 is 0 Å². The molecule has 2 heterocycles. The van der Waals surface area contributed by atoms with E-state index in [1.807, 2.05) is 13.8 Å². The Balaban J connectivity index is 0.000000296. The summed E-state index contributed by atoms with van der Waals surface area (Å²) in [5.74, 6) is -0.912. The van der Waals surface area contributed by atoms with Gasteiger partial charge in [0.25, 0.3) is 11.9 Å². The third-order valence-electron chi connectivity index (χ3n) is 6.68. The Morgan fingerprint density at radius 2 is 1.29 bits per heavy atom. The van der Waals surface area contributed by atoms with E-state index in [-0.39, 0.29) is 35.3 Å². The Hall–Kier alpha value is -5.40. The molecule has 2 fully saturated rings. The number of anilines is 2. The van der Waals surface area contributed by atoms with E-state index >= 15 is 0 Å². The minimum absolute atomic E-state index is 0. The molecule has 0 spiro atoms. The molecule has 0 aliphatic carbocycles. The normalized spacial score (nSPS) is 13.7. The van der Waals surface area contributed by atoms with E-state index in [9.17, 15) is 33.4 Å². The van der Waals surface area contributed by atoms with Crippen LogP contribution in [0, 0.1) is 11.6 Å². The highest BCUT2D eigenvalue weighted by molar-refractivity contribution is 8.27. The zero-order valence-electron chi connectivity index (χ0n) is 30.1. The number of nitrogens with zero attached hydrogens (tertiary/aromatic N) is 2. The standard InChI is InChI=1S/C18H14FNO3S2.C9H6FNOS2.C9H10O3.C2H4O2.H3N/c1-2-23-15-8-11(6-7-14(15)21)9-16-17(22)20(18(24)25-16)13-5-3-4-12(19)10-13;10-6-2-1-3-7(4-6)11-8(12)5-14-9(11)13;1-2-12-9-5-7(6-10)3-4-8(9)11;1-2(3)4;/h3-10,21H,2H2,1H3;1-4H,5H2;3-6,11H,2H2,1H3;1H3,(H,3,4);1H3/b16-9-;;;;. The summed E-state index contributed by atoms with van der Waals surface area (Å²) in [4.78, 5) is 46.5. The van der Waals surface area contributed by atoms with E-state index in [1.54, 1.807) is 36.4 Å². The monoisotopic (exact) mass is 845 g/mol. The van der Waals surface area contributed by atoms with Crippen molar-refractivity contribution in [2.24, 2.45) is 0 Å². The molecule has 0 radical (unpaired) electrons. The molecule has 0 saturated carbocycles. The third-order valence-corrected chi connectivity index (χ3v) is 9.34. The molecule has 2 saturated heterocycles. The number of thioether (sulfide) groups is 2. The highest BCUT2D eigenvalue weighted by Crippen LogP contribution is 2.37. The van der Waals surface area contributed by atoms with Gasteiger partial charge in [0.15, 0.2) is 27.3 Å². The van der Waals surface area contributed by atoms with E-state index in [1.165, 1.54) is 76.2 Å². The molecule has 12 nitrogen and oxygen atoms in total. The first-order valence-corrected chi connectivity index (χ1v) is 18.7. The summed E-state index contributed by atoms with van der Waals surface area (Å²) >= 11 is 12.7. The number of aldehydes is 1. The number of carboxylic acid groups (broad SMARTS) is 1. The fourth-order valence-corrected chi connectivity index (χ4v) is 6.84. The average molecular weight is 846 g/mol. The number of ether oxygens (including phenoxy) is 2. The quantitative estimate of drug-likeness (QED) is 0.0752. The van der Waals surface area contributed by atoms with Crippen molar-refractivity contribution in [3.63, 3.8) is 0 Å².